The van der Waals surface area contributed by atoms with Gasteiger partial charge in [0.15, 0.2) is 0 Å². The van der Waals surface area contributed by atoms with Gasteiger partial charge in [-0.1, -0.05) is 24.3 Å². The molecule has 4 nitrogen and oxygen atoms in total. The molecule has 0 amide bonds. The van der Waals surface area contributed by atoms with Gasteiger partial charge in [0.25, 0.3) is 0 Å². The van der Waals surface area contributed by atoms with Gasteiger partial charge >= 0.3 is 0 Å². The molecule has 3 aromatic rings. The number of rotatable bonds is 3. The average molecular weight is 318 g/mol. The van der Waals surface area contributed by atoms with Gasteiger partial charge in [0, 0.05) is 11.6 Å². The SMILES string of the molecule is NNC(c1occc1Br)c1nccc2ccccc12. The Balaban J connectivity index is 2.20. The van der Waals surface area contributed by atoms with Crippen LogP contribution in [-0.2, 0) is 0 Å². The molecule has 0 bridgehead atoms. The molecular formula is C14H12BrN3O. The summed E-state index contributed by atoms with van der Waals surface area (Å²) < 4.78 is 6.36. The molecule has 3 rings (SSSR count). The Bertz CT molecular complexity index is 705. The number of hydrazine groups is 1. The number of nitrogens with two attached hydrogens (primary N) is 1. The molecule has 5 heteroatoms. The van der Waals surface area contributed by atoms with Crippen LogP contribution in [0.1, 0.15) is 17.5 Å². The Morgan fingerprint density at radius 2 is 2.05 bits per heavy atom. The first-order valence-electron chi connectivity index (χ1n) is 5.84. The number of nitrogens with one attached hydrogen (secondary N) is 1. The number of halogens is 1. The number of hydrogen-bond donors (Lipinski definition) is 2. The molecule has 1 aromatic carbocycles. The second kappa shape index (κ2) is 5.13. The van der Waals surface area contributed by atoms with E-state index in [2.05, 4.69) is 26.3 Å². The second-order valence-electron chi connectivity index (χ2n) is 4.15. The van der Waals surface area contributed by atoms with Crippen molar-refractivity contribution in [3.63, 3.8) is 0 Å². The molecule has 3 N–H and O–H groups in total. The molecule has 1 atom stereocenters. The highest BCUT2D eigenvalue weighted by molar-refractivity contribution is 9.10. The minimum atomic E-state index is -0.296. The normalized spacial score (nSPS) is 12.7. The van der Waals surface area contributed by atoms with Crippen molar-refractivity contribution in [1.82, 2.24) is 10.4 Å². The Morgan fingerprint density at radius 1 is 1.21 bits per heavy atom. The highest BCUT2D eigenvalue weighted by Crippen LogP contribution is 2.31. The first-order valence-corrected chi connectivity index (χ1v) is 6.63. The van der Waals surface area contributed by atoms with Crippen LogP contribution in [0.5, 0.6) is 0 Å². The van der Waals surface area contributed by atoms with Gasteiger partial charge in [0.05, 0.1) is 16.4 Å². The molecule has 0 saturated heterocycles. The van der Waals surface area contributed by atoms with E-state index in [1.807, 2.05) is 36.4 Å². The van der Waals surface area contributed by atoms with Gasteiger partial charge in [0.1, 0.15) is 11.8 Å². The molecule has 0 fully saturated rings. The maximum Gasteiger partial charge on any atom is 0.142 e. The summed E-state index contributed by atoms with van der Waals surface area (Å²) in [5.74, 6) is 6.40. The summed E-state index contributed by atoms with van der Waals surface area (Å²) in [4.78, 5) is 4.45. The van der Waals surface area contributed by atoms with Gasteiger partial charge in [-0.25, -0.2) is 5.43 Å². The van der Waals surface area contributed by atoms with Crippen LogP contribution in [0.15, 0.2) is 57.7 Å². The fraction of sp³-hybridized carbons (Fsp3) is 0.0714. The van der Waals surface area contributed by atoms with E-state index in [1.54, 1.807) is 12.5 Å². The summed E-state index contributed by atoms with van der Waals surface area (Å²) in [7, 11) is 0. The van der Waals surface area contributed by atoms with E-state index in [9.17, 15) is 0 Å². The number of fused-ring (bicyclic) bond motifs is 1. The van der Waals surface area contributed by atoms with Crippen molar-refractivity contribution in [2.45, 2.75) is 6.04 Å². The van der Waals surface area contributed by atoms with E-state index < -0.39 is 0 Å². The Morgan fingerprint density at radius 3 is 2.79 bits per heavy atom. The molecule has 0 spiro atoms. The minimum absolute atomic E-state index is 0.296. The number of furan rings is 1. The van der Waals surface area contributed by atoms with E-state index in [0.29, 0.717) is 5.76 Å². The van der Waals surface area contributed by atoms with Gasteiger partial charge in [0.2, 0.25) is 0 Å². The largest absolute Gasteiger partial charge is 0.466 e. The lowest BCUT2D eigenvalue weighted by Crippen LogP contribution is -2.29. The first kappa shape index (κ1) is 12.3. The van der Waals surface area contributed by atoms with Crippen molar-refractivity contribution in [3.8, 4) is 0 Å². The van der Waals surface area contributed by atoms with Crippen molar-refractivity contribution in [2.75, 3.05) is 0 Å². The summed E-state index contributed by atoms with van der Waals surface area (Å²) in [6, 6.07) is 11.6. The fourth-order valence-electron chi connectivity index (χ4n) is 2.16. The molecule has 2 aromatic heterocycles. The maximum atomic E-state index is 5.69. The predicted octanol–water partition coefficient (Wildman–Crippen LogP) is 3.14. The first-order chi connectivity index (χ1) is 9.31. The summed E-state index contributed by atoms with van der Waals surface area (Å²) in [6.45, 7) is 0. The second-order valence-corrected chi connectivity index (χ2v) is 5.00. The molecule has 2 heterocycles. The zero-order valence-corrected chi connectivity index (χ0v) is 11.6. The summed E-state index contributed by atoms with van der Waals surface area (Å²) in [6.07, 6.45) is 3.40. The van der Waals surface area contributed by atoms with Gasteiger partial charge in [-0.2, -0.15) is 0 Å². The summed E-state index contributed by atoms with van der Waals surface area (Å²) in [5, 5.41) is 2.17. The van der Waals surface area contributed by atoms with Crippen molar-refractivity contribution in [1.29, 1.82) is 0 Å². The number of benzene rings is 1. The third-order valence-electron chi connectivity index (χ3n) is 3.05. The number of hydrogen-bond acceptors (Lipinski definition) is 4. The number of nitrogens with zero attached hydrogens (tertiary/aromatic N) is 1. The zero-order chi connectivity index (χ0) is 13.2. The van der Waals surface area contributed by atoms with Gasteiger partial charge < -0.3 is 4.42 Å². The van der Waals surface area contributed by atoms with Crippen LogP contribution in [0.3, 0.4) is 0 Å². The van der Waals surface area contributed by atoms with Crippen LogP contribution in [0.2, 0.25) is 0 Å². The standard InChI is InChI=1S/C14H12BrN3O/c15-11-6-8-19-14(11)13(18-16)12-10-4-2-1-3-9(10)5-7-17-12/h1-8,13,18H,16H2. The third-order valence-corrected chi connectivity index (χ3v) is 3.71. The van der Waals surface area contributed by atoms with Crippen molar-refractivity contribution in [2.24, 2.45) is 5.84 Å². The van der Waals surface area contributed by atoms with E-state index in [0.717, 1.165) is 20.9 Å². The Hall–Kier alpha value is -1.69. The predicted molar refractivity (Wildman–Crippen MR) is 77.3 cm³/mol. The molecule has 0 saturated carbocycles. The summed E-state index contributed by atoms with van der Waals surface area (Å²) in [5.41, 5.74) is 3.61. The molecule has 0 radical (unpaired) electrons. The lowest BCUT2D eigenvalue weighted by molar-refractivity contribution is 0.446. The van der Waals surface area contributed by atoms with Gasteiger partial charge in [-0.15, -0.1) is 0 Å². The monoisotopic (exact) mass is 317 g/mol. The minimum Gasteiger partial charge on any atom is -0.466 e. The molecular weight excluding hydrogens is 306 g/mol. The molecule has 96 valence electrons. The van der Waals surface area contributed by atoms with E-state index >= 15 is 0 Å². The van der Waals surface area contributed by atoms with Crippen molar-refractivity contribution < 1.29 is 4.42 Å². The molecule has 1 unspecified atom stereocenters. The molecule has 19 heavy (non-hydrogen) atoms. The number of pyridine rings is 1. The Labute approximate surface area is 118 Å². The van der Waals surface area contributed by atoms with Crippen LogP contribution in [0.25, 0.3) is 10.8 Å². The lowest BCUT2D eigenvalue weighted by atomic mass is 10.0. The molecule has 0 aliphatic rings. The van der Waals surface area contributed by atoms with E-state index in [1.165, 1.54) is 0 Å². The quantitative estimate of drug-likeness (QED) is 0.575. The third kappa shape index (κ3) is 2.16. The lowest BCUT2D eigenvalue weighted by Gasteiger charge is -2.15. The number of aromatic nitrogens is 1. The highest BCUT2D eigenvalue weighted by atomic mass is 79.9. The van der Waals surface area contributed by atoms with Crippen molar-refractivity contribution >= 4 is 26.7 Å². The molecule has 0 aliphatic heterocycles. The molecule has 0 aliphatic carbocycles. The zero-order valence-electron chi connectivity index (χ0n) is 10.0. The Kier molecular flexibility index (Phi) is 3.33. The van der Waals surface area contributed by atoms with Crippen LogP contribution < -0.4 is 11.3 Å². The average Bonchev–Trinajstić information content (AvgIpc) is 2.86. The highest BCUT2D eigenvalue weighted by Gasteiger charge is 2.21. The fourth-order valence-corrected chi connectivity index (χ4v) is 2.59. The van der Waals surface area contributed by atoms with Crippen LogP contribution in [0, 0.1) is 0 Å². The van der Waals surface area contributed by atoms with Gasteiger partial charge in [-0.3, -0.25) is 10.8 Å². The van der Waals surface area contributed by atoms with E-state index in [-0.39, 0.29) is 6.04 Å². The smallest absolute Gasteiger partial charge is 0.142 e. The van der Waals surface area contributed by atoms with E-state index in [4.69, 9.17) is 10.3 Å². The van der Waals surface area contributed by atoms with Crippen LogP contribution in [0.4, 0.5) is 0 Å². The van der Waals surface area contributed by atoms with Crippen LogP contribution in [-0.4, -0.2) is 4.98 Å². The van der Waals surface area contributed by atoms with Crippen LogP contribution >= 0.6 is 15.9 Å². The van der Waals surface area contributed by atoms with Gasteiger partial charge in [-0.05, 0) is 33.4 Å². The maximum absolute atomic E-state index is 5.69. The summed E-state index contributed by atoms with van der Waals surface area (Å²) >= 11 is 3.45. The van der Waals surface area contributed by atoms with Crippen molar-refractivity contribution in [3.05, 3.63) is 64.8 Å². The topological polar surface area (TPSA) is 64.1 Å².